The molecular weight excluding hydrogens is 447 g/mol. The second kappa shape index (κ2) is 9.38. The van der Waals surface area contributed by atoms with Crippen molar-refractivity contribution in [3.05, 3.63) is 65.4 Å². The molecule has 1 N–H and O–H groups in total. The van der Waals surface area contributed by atoms with Crippen LogP contribution in [0.1, 0.15) is 28.4 Å². The second-order valence-corrected chi connectivity index (χ2v) is 8.46. The summed E-state index contributed by atoms with van der Waals surface area (Å²) in [4.78, 5) is 28.4. The Hall–Kier alpha value is -3.53. The third kappa shape index (κ3) is 4.86. The van der Waals surface area contributed by atoms with Crippen LogP contribution in [-0.4, -0.2) is 56.6 Å². The van der Waals surface area contributed by atoms with Gasteiger partial charge < -0.3 is 10.2 Å². The van der Waals surface area contributed by atoms with Crippen molar-refractivity contribution in [1.29, 1.82) is 0 Å². The van der Waals surface area contributed by atoms with E-state index in [1.54, 1.807) is 36.4 Å². The number of halogens is 3. The van der Waals surface area contributed by atoms with Gasteiger partial charge in [-0.05, 0) is 50.3 Å². The smallest absolute Gasteiger partial charge is 0.352 e. The van der Waals surface area contributed by atoms with Gasteiger partial charge in [-0.15, -0.1) is 0 Å². The fourth-order valence-electron chi connectivity index (χ4n) is 4.10. The SMILES string of the molecule is CN(C)CCCNC(=O)c1ccccc1-c1ccc2c(c1)N(CC(F)(F)F)C(=O)C1=CN=NC12. The number of amides is 2. The molecule has 0 aliphatic carbocycles. The molecule has 10 heteroatoms. The first-order valence-corrected chi connectivity index (χ1v) is 10.8. The highest BCUT2D eigenvalue weighted by Crippen LogP contribution is 2.45. The van der Waals surface area contributed by atoms with Crippen LogP contribution in [-0.2, 0) is 4.79 Å². The first kappa shape index (κ1) is 23.6. The van der Waals surface area contributed by atoms with Crippen molar-refractivity contribution in [1.82, 2.24) is 10.2 Å². The number of benzene rings is 2. The van der Waals surface area contributed by atoms with Crippen LogP contribution in [0.4, 0.5) is 18.9 Å². The van der Waals surface area contributed by atoms with E-state index in [2.05, 4.69) is 15.5 Å². The summed E-state index contributed by atoms with van der Waals surface area (Å²) in [6, 6.07) is 11.0. The third-order valence-electron chi connectivity index (χ3n) is 5.67. The molecule has 0 saturated heterocycles. The zero-order chi connectivity index (χ0) is 24.5. The Morgan fingerprint density at radius 2 is 1.94 bits per heavy atom. The summed E-state index contributed by atoms with van der Waals surface area (Å²) in [7, 11) is 3.90. The topological polar surface area (TPSA) is 77.4 Å². The van der Waals surface area contributed by atoms with E-state index in [-0.39, 0.29) is 17.2 Å². The number of alkyl halides is 3. The number of carbonyl (C=O) groups excluding carboxylic acids is 2. The Kier molecular flexibility index (Phi) is 6.52. The van der Waals surface area contributed by atoms with Gasteiger partial charge in [-0.3, -0.25) is 14.5 Å². The van der Waals surface area contributed by atoms with Crippen molar-refractivity contribution < 1.29 is 22.8 Å². The predicted octanol–water partition coefficient (Wildman–Crippen LogP) is 4.33. The first-order valence-electron chi connectivity index (χ1n) is 10.8. The standard InChI is InChI=1S/C24H24F3N5O2/c1-31(2)11-5-10-28-22(33)17-7-4-3-6-16(17)15-8-9-18-20(12-15)32(14-24(25,26)27)23(34)19-13-29-30-21(18)19/h3-4,6-9,12-13,21H,5,10-11,14H2,1-2H3,(H,28,33). The van der Waals surface area contributed by atoms with Crippen LogP contribution >= 0.6 is 0 Å². The lowest BCUT2D eigenvalue weighted by atomic mass is 9.89. The highest BCUT2D eigenvalue weighted by atomic mass is 19.4. The van der Waals surface area contributed by atoms with Gasteiger partial charge in [0, 0.05) is 17.7 Å². The molecule has 2 aliphatic heterocycles. The summed E-state index contributed by atoms with van der Waals surface area (Å²) in [6.45, 7) is -0.115. The van der Waals surface area contributed by atoms with Crippen molar-refractivity contribution in [3.8, 4) is 11.1 Å². The van der Waals surface area contributed by atoms with Crippen molar-refractivity contribution in [2.75, 3.05) is 38.6 Å². The van der Waals surface area contributed by atoms with Gasteiger partial charge in [-0.2, -0.15) is 23.4 Å². The molecule has 178 valence electrons. The average molecular weight is 471 g/mol. The Balaban J connectivity index is 1.69. The minimum absolute atomic E-state index is 0.113. The van der Waals surface area contributed by atoms with E-state index in [1.165, 1.54) is 12.3 Å². The normalized spacial score (nSPS) is 17.0. The molecule has 2 aromatic carbocycles. The highest BCUT2D eigenvalue weighted by Gasteiger charge is 2.43. The maximum absolute atomic E-state index is 13.3. The number of hydrogen-bond donors (Lipinski definition) is 1. The van der Waals surface area contributed by atoms with Crippen LogP contribution in [0.2, 0.25) is 0 Å². The van der Waals surface area contributed by atoms with E-state index in [0.29, 0.717) is 33.7 Å². The van der Waals surface area contributed by atoms with Gasteiger partial charge in [-0.1, -0.05) is 30.3 Å². The molecular formula is C24H24F3N5O2. The molecule has 34 heavy (non-hydrogen) atoms. The lowest BCUT2D eigenvalue weighted by Gasteiger charge is -2.33. The van der Waals surface area contributed by atoms with Gasteiger partial charge in [0.25, 0.3) is 11.8 Å². The van der Waals surface area contributed by atoms with Gasteiger partial charge in [0.2, 0.25) is 0 Å². The van der Waals surface area contributed by atoms with Crippen molar-refractivity contribution >= 4 is 17.5 Å². The Bertz CT molecular complexity index is 1170. The molecule has 2 aliphatic rings. The summed E-state index contributed by atoms with van der Waals surface area (Å²) >= 11 is 0. The number of anilines is 1. The molecule has 4 rings (SSSR count). The minimum atomic E-state index is -4.59. The van der Waals surface area contributed by atoms with E-state index < -0.39 is 24.7 Å². The molecule has 0 spiro atoms. The highest BCUT2D eigenvalue weighted by molar-refractivity contribution is 6.10. The molecule has 2 aromatic rings. The first-order chi connectivity index (χ1) is 16.2. The summed E-state index contributed by atoms with van der Waals surface area (Å²) in [5.74, 6) is -1.05. The molecule has 0 radical (unpaired) electrons. The monoisotopic (exact) mass is 471 g/mol. The lowest BCUT2D eigenvalue weighted by molar-refractivity contribution is -0.130. The number of rotatable bonds is 7. The molecule has 0 bridgehead atoms. The van der Waals surface area contributed by atoms with Crippen LogP contribution < -0.4 is 10.2 Å². The zero-order valence-corrected chi connectivity index (χ0v) is 18.8. The van der Waals surface area contributed by atoms with Crippen LogP contribution in [0.5, 0.6) is 0 Å². The molecule has 2 heterocycles. The maximum Gasteiger partial charge on any atom is 0.406 e. The summed E-state index contributed by atoms with van der Waals surface area (Å²) < 4.78 is 40.0. The van der Waals surface area contributed by atoms with Crippen LogP contribution in [0.25, 0.3) is 11.1 Å². The number of nitrogens with one attached hydrogen (secondary N) is 1. The molecule has 0 aromatic heterocycles. The van der Waals surface area contributed by atoms with Crippen molar-refractivity contribution in [2.24, 2.45) is 10.2 Å². The second-order valence-electron chi connectivity index (χ2n) is 8.46. The predicted molar refractivity (Wildman–Crippen MR) is 121 cm³/mol. The van der Waals surface area contributed by atoms with Gasteiger partial charge in [0.05, 0.1) is 17.5 Å². The van der Waals surface area contributed by atoms with E-state index in [0.717, 1.165) is 13.0 Å². The third-order valence-corrected chi connectivity index (χ3v) is 5.67. The fourth-order valence-corrected chi connectivity index (χ4v) is 4.10. The Morgan fingerprint density at radius 1 is 1.18 bits per heavy atom. The van der Waals surface area contributed by atoms with Crippen LogP contribution in [0.15, 0.2) is 64.5 Å². The molecule has 7 nitrogen and oxygen atoms in total. The van der Waals surface area contributed by atoms with Gasteiger partial charge >= 0.3 is 6.18 Å². The Labute approximate surface area is 195 Å². The Morgan fingerprint density at radius 3 is 2.68 bits per heavy atom. The van der Waals surface area contributed by atoms with E-state index >= 15 is 0 Å². The number of fused-ring (bicyclic) bond motifs is 3. The van der Waals surface area contributed by atoms with Gasteiger partial charge in [0.15, 0.2) is 0 Å². The van der Waals surface area contributed by atoms with E-state index in [1.807, 2.05) is 19.0 Å². The van der Waals surface area contributed by atoms with E-state index in [9.17, 15) is 22.8 Å². The van der Waals surface area contributed by atoms with Crippen LogP contribution in [0.3, 0.4) is 0 Å². The summed E-state index contributed by atoms with van der Waals surface area (Å²) in [5.41, 5.74) is 2.18. The average Bonchev–Trinajstić information content (AvgIpc) is 3.28. The summed E-state index contributed by atoms with van der Waals surface area (Å²) in [6.07, 6.45) is -2.60. The minimum Gasteiger partial charge on any atom is -0.352 e. The van der Waals surface area contributed by atoms with Crippen molar-refractivity contribution in [3.63, 3.8) is 0 Å². The maximum atomic E-state index is 13.3. The molecule has 1 atom stereocenters. The molecule has 0 fully saturated rings. The quantitative estimate of drug-likeness (QED) is 0.611. The van der Waals surface area contributed by atoms with Gasteiger partial charge in [-0.25, -0.2) is 0 Å². The molecule has 1 unspecified atom stereocenters. The number of carbonyl (C=O) groups is 2. The number of azo groups is 1. The molecule has 2 amide bonds. The fraction of sp³-hybridized carbons (Fsp3) is 0.333. The largest absolute Gasteiger partial charge is 0.406 e. The van der Waals surface area contributed by atoms with Gasteiger partial charge in [0.1, 0.15) is 12.6 Å². The van der Waals surface area contributed by atoms with Crippen molar-refractivity contribution in [2.45, 2.75) is 18.6 Å². The molecule has 0 saturated carbocycles. The summed E-state index contributed by atoms with van der Waals surface area (Å²) in [5, 5.41) is 10.7. The van der Waals surface area contributed by atoms with Crippen LogP contribution in [0, 0.1) is 0 Å². The lowest BCUT2D eigenvalue weighted by Crippen LogP contribution is -2.43. The number of nitrogens with zero attached hydrogens (tertiary/aromatic N) is 4. The zero-order valence-electron chi connectivity index (χ0n) is 18.8. The number of hydrogen-bond acceptors (Lipinski definition) is 5. The van der Waals surface area contributed by atoms with E-state index in [4.69, 9.17) is 0 Å².